The van der Waals surface area contributed by atoms with E-state index in [4.69, 9.17) is 0 Å². The van der Waals surface area contributed by atoms with E-state index in [1.807, 2.05) is 4.90 Å². The molecule has 1 heterocycles. The number of amides is 1. The summed E-state index contributed by atoms with van der Waals surface area (Å²) in [5.41, 5.74) is 0.375. The lowest BCUT2D eigenvalue weighted by Crippen LogP contribution is -2.44. The minimum Gasteiger partial charge on any atom is -0.434 e. The zero-order valence-electron chi connectivity index (χ0n) is 13.2. The lowest BCUT2D eigenvalue weighted by Gasteiger charge is -2.31. The first-order valence-electron chi connectivity index (χ1n) is 8.04. The van der Waals surface area contributed by atoms with Crippen LogP contribution in [0.2, 0.25) is 0 Å². The predicted molar refractivity (Wildman–Crippen MR) is 82.7 cm³/mol. The number of rotatable bonds is 6. The van der Waals surface area contributed by atoms with Crippen LogP contribution in [-0.2, 0) is 0 Å². The van der Waals surface area contributed by atoms with Gasteiger partial charge < -0.3 is 15.0 Å². The van der Waals surface area contributed by atoms with Gasteiger partial charge in [-0.1, -0.05) is 19.1 Å². The van der Waals surface area contributed by atoms with Crippen molar-refractivity contribution in [3.05, 3.63) is 29.8 Å². The van der Waals surface area contributed by atoms with Gasteiger partial charge in [0.2, 0.25) is 0 Å². The summed E-state index contributed by atoms with van der Waals surface area (Å²) < 4.78 is 29.7. The third-order valence-electron chi connectivity index (χ3n) is 4.73. The maximum Gasteiger partial charge on any atom is 0.387 e. The van der Waals surface area contributed by atoms with Crippen molar-refractivity contribution in [2.24, 2.45) is 5.41 Å². The lowest BCUT2D eigenvalue weighted by molar-refractivity contribution is -0.0503. The van der Waals surface area contributed by atoms with Crippen molar-refractivity contribution in [2.75, 3.05) is 19.6 Å². The van der Waals surface area contributed by atoms with Crippen molar-refractivity contribution in [3.63, 3.8) is 0 Å². The number of alkyl halides is 2. The number of nitrogens with one attached hydrogen (secondary N) is 1. The van der Waals surface area contributed by atoms with Gasteiger partial charge in [0.15, 0.2) is 0 Å². The maximum atomic E-state index is 13.0. The first kappa shape index (κ1) is 16.2. The average Bonchev–Trinajstić information content (AvgIpc) is 3.02. The second-order valence-electron chi connectivity index (χ2n) is 6.77. The van der Waals surface area contributed by atoms with Crippen LogP contribution in [0.25, 0.3) is 0 Å². The van der Waals surface area contributed by atoms with Crippen LogP contribution in [0.5, 0.6) is 5.75 Å². The van der Waals surface area contributed by atoms with Crippen molar-refractivity contribution < 1.29 is 18.3 Å². The monoisotopic (exact) mass is 324 g/mol. The van der Waals surface area contributed by atoms with Crippen molar-refractivity contribution in [3.8, 4) is 5.75 Å². The predicted octanol–water partition coefficient (Wildman–Crippen LogP) is 2.89. The number of ether oxygens (including phenoxy) is 1. The highest BCUT2D eigenvalue weighted by Gasteiger charge is 2.42. The standard InChI is InChI=1S/C17H22F2N2O2/c1-17(7-8-17)11-21(12-6-9-20-10-12)15(22)13-4-2-3-5-14(13)23-16(18)19/h2-5,12,16,20H,6-11H2,1H3. The number of carbonyl (C=O) groups is 1. The number of para-hydroxylation sites is 1. The first-order chi connectivity index (χ1) is 11.0. The third kappa shape index (κ3) is 3.80. The molecular weight excluding hydrogens is 302 g/mol. The molecule has 0 radical (unpaired) electrons. The van der Waals surface area contributed by atoms with Gasteiger partial charge >= 0.3 is 6.61 Å². The summed E-state index contributed by atoms with van der Waals surface area (Å²) in [5.74, 6) is -0.271. The zero-order valence-corrected chi connectivity index (χ0v) is 13.2. The molecule has 1 aliphatic carbocycles. The Morgan fingerprint density at radius 2 is 2.17 bits per heavy atom. The molecule has 4 nitrogen and oxygen atoms in total. The molecule has 126 valence electrons. The fraction of sp³-hybridized carbons (Fsp3) is 0.588. The molecule has 0 spiro atoms. The highest BCUT2D eigenvalue weighted by molar-refractivity contribution is 5.97. The van der Waals surface area contributed by atoms with Crippen LogP contribution < -0.4 is 10.1 Å². The van der Waals surface area contributed by atoms with E-state index >= 15 is 0 Å². The third-order valence-corrected chi connectivity index (χ3v) is 4.73. The number of carbonyl (C=O) groups excluding carboxylic acids is 1. The van der Waals surface area contributed by atoms with E-state index in [1.54, 1.807) is 18.2 Å². The summed E-state index contributed by atoms with van der Waals surface area (Å²) >= 11 is 0. The van der Waals surface area contributed by atoms with Crippen LogP contribution in [0.1, 0.15) is 36.5 Å². The van der Waals surface area contributed by atoms with Gasteiger partial charge in [-0.3, -0.25) is 4.79 Å². The molecule has 6 heteroatoms. The molecule has 1 atom stereocenters. The number of benzene rings is 1. The van der Waals surface area contributed by atoms with Gasteiger partial charge in [-0.2, -0.15) is 8.78 Å². The Labute approximate surface area is 134 Å². The Bertz CT molecular complexity index is 569. The zero-order chi connectivity index (χ0) is 16.4. The molecule has 1 saturated heterocycles. The van der Waals surface area contributed by atoms with Crippen molar-refractivity contribution in [1.82, 2.24) is 10.2 Å². The van der Waals surface area contributed by atoms with E-state index in [1.165, 1.54) is 6.07 Å². The largest absolute Gasteiger partial charge is 0.434 e. The number of hydrogen-bond donors (Lipinski definition) is 1. The van der Waals surface area contributed by atoms with E-state index in [-0.39, 0.29) is 28.7 Å². The minimum atomic E-state index is -2.94. The average molecular weight is 324 g/mol. The fourth-order valence-corrected chi connectivity index (χ4v) is 3.05. The van der Waals surface area contributed by atoms with Gasteiger partial charge in [0, 0.05) is 19.1 Å². The van der Waals surface area contributed by atoms with E-state index in [0.29, 0.717) is 6.54 Å². The van der Waals surface area contributed by atoms with E-state index in [9.17, 15) is 13.6 Å². The van der Waals surface area contributed by atoms with Crippen LogP contribution in [0.4, 0.5) is 8.78 Å². The van der Waals surface area contributed by atoms with Crippen LogP contribution in [0.3, 0.4) is 0 Å². The molecule has 0 bridgehead atoms. The van der Waals surface area contributed by atoms with Gasteiger partial charge in [-0.05, 0) is 43.4 Å². The Morgan fingerprint density at radius 1 is 1.43 bits per heavy atom. The molecule has 1 aromatic carbocycles. The Hall–Kier alpha value is -1.69. The van der Waals surface area contributed by atoms with E-state index < -0.39 is 6.61 Å². The highest BCUT2D eigenvalue weighted by Crippen LogP contribution is 2.46. The number of nitrogens with zero attached hydrogens (tertiary/aromatic N) is 1. The highest BCUT2D eigenvalue weighted by atomic mass is 19.3. The van der Waals surface area contributed by atoms with Gasteiger partial charge in [-0.25, -0.2) is 0 Å². The minimum absolute atomic E-state index is 0.0515. The normalized spacial score (nSPS) is 22.2. The topological polar surface area (TPSA) is 41.6 Å². The van der Waals surface area contributed by atoms with Crippen molar-refractivity contribution >= 4 is 5.91 Å². The molecule has 1 N–H and O–H groups in total. The fourth-order valence-electron chi connectivity index (χ4n) is 3.05. The summed E-state index contributed by atoms with van der Waals surface area (Å²) in [6, 6.07) is 6.36. The molecule has 1 aliphatic heterocycles. The Morgan fingerprint density at radius 3 is 2.78 bits per heavy atom. The van der Waals surface area contributed by atoms with Gasteiger partial charge in [0.1, 0.15) is 5.75 Å². The second kappa shape index (κ2) is 6.43. The molecule has 23 heavy (non-hydrogen) atoms. The molecule has 2 fully saturated rings. The van der Waals surface area contributed by atoms with Gasteiger partial charge in [-0.15, -0.1) is 0 Å². The Kier molecular flexibility index (Phi) is 4.53. The van der Waals surface area contributed by atoms with Crippen molar-refractivity contribution in [2.45, 2.75) is 38.8 Å². The molecule has 1 unspecified atom stereocenters. The smallest absolute Gasteiger partial charge is 0.387 e. The summed E-state index contributed by atoms with van der Waals surface area (Å²) in [7, 11) is 0. The van der Waals surface area contributed by atoms with Crippen LogP contribution in [0, 0.1) is 5.41 Å². The van der Waals surface area contributed by atoms with E-state index in [2.05, 4.69) is 17.0 Å². The molecule has 0 aromatic heterocycles. The molecular formula is C17H22F2N2O2. The van der Waals surface area contributed by atoms with Crippen LogP contribution >= 0.6 is 0 Å². The van der Waals surface area contributed by atoms with Crippen LogP contribution in [-0.4, -0.2) is 43.1 Å². The summed E-state index contributed by atoms with van der Waals surface area (Å²) in [4.78, 5) is 14.9. The first-order valence-corrected chi connectivity index (χ1v) is 8.04. The second-order valence-corrected chi connectivity index (χ2v) is 6.77. The molecule has 3 rings (SSSR count). The van der Waals surface area contributed by atoms with Gasteiger partial charge in [0.05, 0.1) is 5.56 Å². The van der Waals surface area contributed by atoms with Crippen molar-refractivity contribution in [1.29, 1.82) is 0 Å². The number of hydrogen-bond acceptors (Lipinski definition) is 3. The molecule has 1 aromatic rings. The molecule has 2 aliphatic rings. The van der Waals surface area contributed by atoms with Gasteiger partial charge in [0.25, 0.3) is 5.91 Å². The number of halogens is 2. The summed E-state index contributed by atoms with van der Waals surface area (Å²) in [6.45, 7) is 1.52. The lowest BCUT2D eigenvalue weighted by atomic mass is 10.0. The summed E-state index contributed by atoms with van der Waals surface area (Å²) in [6.07, 6.45) is 3.10. The summed E-state index contributed by atoms with van der Waals surface area (Å²) in [5, 5.41) is 3.27. The Balaban J connectivity index is 1.85. The SMILES string of the molecule is CC1(CN(C(=O)c2ccccc2OC(F)F)C2CCNC2)CC1. The molecule has 1 saturated carbocycles. The quantitative estimate of drug-likeness (QED) is 0.875. The van der Waals surface area contributed by atoms with E-state index in [0.717, 1.165) is 32.4 Å². The van der Waals surface area contributed by atoms with Crippen LogP contribution in [0.15, 0.2) is 24.3 Å². The maximum absolute atomic E-state index is 13.0. The molecule has 1 amide bonds.